The number of benzene rings is 2. The third kappa shape index (κ3) is 4.14. The first-order chi connectivity index (χ1) is 14.0. The zero-order chi connectivity index (χ0) is 20.4. The van der Waals surface area contributed by atoms with E-state index < -0.39 is 11.9 Å². The molecule has 1 aliphatic heterocycles. The second kappa shape index (κ2) is 8.27. The highest BCUT2D eigenvalue weighted by atomic mass is 16.5. The number of fused-ring (bicyclic) bond motifs is 3. The molecule has 0 bridgehead atoms. The molecule has 2 N–H and O–H groups in total. The first kappa shape index (κ1) is 19.5. The third-order valence-electron chi connectivity index (χ3n) is 6.40. The van der Waals surface area contributed by atoms with E-state index in [2.05, 4.69) is 17.4 Å². The van der Waals surface area contributed by atoms with Crippen molar-refractivity contribution >= 4 is 11.9 Å². The highest BCUT2D eigenvalue weighted by molar-refractivity contribution is 5.79. The van der Waals surface area contributed by atoms with Crippen LogP contribution in [0.5, 0.6) is 5.75 Å². The van der Waals surface area contributed by atoms with Gasteiger partial charge in [-0.05, 0) is 59.4 Å². The van der Waals surface area contributed by atoms with Gasteiger partial charge in [-0.25, -0.2) is 0 Å². The van der Waals surface area contributed by atoms with E-state index in [1.807, 2.05) is 43.3 Å². The number of carboxylic acid groups (broad SMARTS) is 1. The highest BCUT2D eigenvalue weighted by Crippen LogP contribution is 2.50. The van der Waals surface area contributed by atoms with Gasteiger partial charge in [0.05, 0.1) is 5.92 Å². The molecule has 2 aliphatic rings. The normalized spacial score (nSPS) is 26.3. The number of rotatable bonds is 4. The van der Waals surface area contributed by atoms with Gasteiger partial charge in [-0.2, -0.15) is 0 Å². The molecular formula is C24H27NO4. The van der Waals surface area contributed by atoms with Gasteiger partial charge < -0.3 is 15.2 Å². The van der Waals surface area contributed by atoms with Crippen LogP contribution in [0.15, 0.2) is 48.5 Å². The number of ether oxygens (including phenoxy) is 1. The Hall–Kier alpha value is -2.82. The molecule has 0 unspecified atom stereocenters. The minimum absolute atomic E-state index is 0.0384. The van der Waals surface area contributed by atoms with Gasteiger partial charge in [0.25, 0.3) is 0 Å². The smallest absolute Gasteiger partial charge is 0.307 e. The van der Waals surface area contributed by atoms with Crippen LogP contribution in [0.2, 0.25) is 0 Å². The number of carbonyl (C=O) groups is 2. The summed E-state index contributed by atoms with van der Waals surface area (Å²) in [5.41, 5.74) is 3.42. The van der Waals surface area contributed by atoms with E-state index in [-0.39, 0.29) is 30.1 Å². The van der Waals surface area contributed by atoms with E-state index in [9.17, 15) is 14.7 Å². The van der Waals surface area contributed by atoms with Crippen molar-refractivity contribution in [2.45, 2.75) is 38.7 Å². The third-order valence-corrected chi connectivity index (χ3v) is 6.40. The van der Waals surface area contributed by atoms with Crippen LogP contribution in [-0.2, 0) is 22.6 Å². The fourth-order valence-corrected chi connectivity index (χ4v) is 5.05. The average molecular weight is 393 g/mol. The zero-order valence-electron chi connectivity index (χ0n) is 16.6. The summed E-state index contributed by atoms with van der Waals surface area (Å²) >= 11 is 0. The zero-order valence-corrected chi connectivity index (χ0v) is 16.6. The Balaban J connectivity index is 1.65. The van der Waals surface area contributed by atoms with Crippen LogP contribution in [0.3, 0.4) is 0 Å². The van der Waals surface area contributed by atoms with Crippen molar-refractivity contribution in [3.63, 3.8) is 0 Å². The van der Waals surface area contributed by atoms with Crippen LogP contribution in [0, 0.1) is 17.8 Å². The lowest BCUT2D eigenvalue weighted by Gasteiger charge is -2.24. The lowest BCUT2D eigenvalue weighted by Crippen LogP contribution is -2.31. The van der Waals surface area contributed by atoms with E-state index >= 15 is 0 Å². The molecule has 1 saturated carbocycles. The first-order valence-electron chi connectivity index (χ1n) is 10.3. The lowest BCUT2D eigenvalue weighted by molar-refractivity contribution is -0.144. The molecule has 1 aliphatic carbocycles. The Morgan fingerprint density at radius 3 is 2.76 bits per heavy atom. The largest absolute Gasteiger partial charge is 0.489 e. The molecular weight excluding hydrogens is 366 g/mol. The second-order valence-corrected chi connectivity index (χ2v) is 8.29. The monoisotopic (exact) mass is 393 g/mol. The van der Waals surface area contributed by atoms with Gasteiger partial charge in [0.1, 0.15) is 12.4 Å². The fraction of sp³-hybridized carbons (Fsp3) is 0.417. The topological polar surface area (TPSA) is 75.6 Å². The van der Waals surface area contributed by atoms with Crippen molar-refractivity contribution in [2.75, 3.05) is 6.54 Å². The fourth-order valence-electron chi connectivity index (χ4n) is 5.05. The van der Waals surface area contributed by atoms with Crippen molar-refractivity contribution in [3.05, 3.63) is 65.2 Å². The Labute approximate surface area is 171 Å². The van der Waals surface area contributed by atoms with Gasteiger partial charge in [-0.1, -0.05) is 43.3 Å². The Kier molecular flexibility index (Phi) is 5.56. The van der Waals surface area contributed by atoms with Crippen molar-refractivity contribution in [1.82, 2.24) is 5.32 Å². The van der Waals surface area contributed by atoms with Crippen LogP contribution in [-0.4, -0.2) is 23.5 Å². The molecule has 2 aromatic rings. The molecule has 5 nitrogen and oxygen atoms in total. The maximum Gasteiger partial charge on any atom is 0.307 e. The van der Waals surface area contributed by atoms with E-state index in [0.29, 0.717) is 13.2 Å². The van der Waals surface area contributed by atoms with E-state index in [1.165, 1.54) is 5.56 Å². The van der Waals surface area contributed by atoms with Crippen LogP contribution < -0.4 is 10.1 Å². The average Bonchev–Trinajstić information content (AvgIpc) is 3.05. The standard InChI is InChI=1S/C24H27NO4/c1-15-11-20-19-12-18(29-14-16-5-3-2-4-6-16)8-7-17(19)9-10-25-22(26)13-21(20)23(15)24(27)28/h2-8,12,15,20-21,23H,9-11,13-14H2,1H3,(H,25,26)(H,27,28)/t15-,20+,21+,23+/m0/s1. The first-order valence-corrected chi connectivity index (χ1v) is 10.3. The number of aliphatic carboxylic acids is 1. The van der Waals surface area contributed by atoms with Gasteiger partial charge in [0.2, 0.25) is 5.91 Å². The summed E-state index contributed by atoms with van der Waals surface area (Å²) in [5.74, 6) is -0.642. The van der Waals surface area contributed by atoms with E-state index in [1.54, 1.807) is 0 Å². The van der Waals surface area contributed by atoms with Crippen molar-refractivity contribution in [2.24, 2.45) is 17.8 Å². The SMILES string of the molecule is C[C@H]1C[C@@H]2c3cc(OCc4ccccc4)ccc3CCNC(=O)C[C@H]2[C@@H]1C(=O)O. The molecule has 152 valence electrons. The molecule has 1 amide bonds. The summed E-state index contributed by atoms with van der Waals surface area (Å²) in [6.07, 6.45) is 1.79. The maximum absolute atomic E-state index is 12.4. The van der Waals surface area contributed by atoms with Crippen LogP contribution in [0.25, 0.3) is 0 Å². The van der Waals surface area contributed by atoms with Gasteiger partial charge in [-0.15, -0.1) is 0 Å². The summed E-state index contributed by atoms with van der Waals surface area (Å²) < 4.78 is 6.03. The summed E-state index contributed by atoms with van der Waals surface area (Å²) in [4.78, 5) is 24.3. The molecule has 5 heteroatoms. The Morgan fingerprint density at radius 2 is 2.00 bits per heavy atom. The highest BCUT2D eigenvalue weighted by Gasteiger charge is 2.47. The van der Waals surface area contributed by atoms with Gasteiger partial charge >= 0.3 is 5.97 Å². The molecule has 1 heterocycles. The second-order valence-electron chi connectivity index (χ2n) is 8.29. The Morgan fingerprint density at radius 1 is 1.21 bits per heavy atom. The maximum atomic E-state index is 12.4. The molecule has 4 atom stereocenters. The summed E-state index contributed by atoms with van der Waals surface area (Å²) in [5, 5.41) is 12.7. The minimum atomic E-state index is -0.796. The quantitative estimate of drug-likeness (QED) is 0.829. The van der Waals surface area contributed by atoms with Crippen molar-refractivity contribution in [1.29, 1.82) is 0 Å². The van der Waals surface area contributed by atoms with Crippen LogP contribution >= 0.6 is 0 Å². The number of carboxylic acids is 1. The predicted molar refractivity (Wildman–Crippen MR) is 110 cm³/mol. The van der Waals surface area contributed by atoms with Gasteiger partial charge in [0, 0.05) is 13.0 Å². The van der Waals surface area contributed by atoms with Crippen LogP contribution in [0.4, 0.5) is 0 Å². The van der Waals surface area contributed by atoms with Crippen LogP contribution in [0.1, 0.15) is 42.4 Å². The summed E-state index contributed by atoms with van der Waals surface area (Å²) in [7, 11) is 0. The number of nitrogens with one attached hydrogen (secondary N) is 1. The molecule has 2 aromatic carbocycles. The van der Waals surface area contributed by atoms with E-state index in [4.69, 9.17) is 4.74 Å². The molecule has 4 rings (SSSR count). The van der Waals surface area contributed by atoms with E-state index in [0.717, 1.165) is 29.7 Å². The molecule has 0 spiro atoms. The summed E-state index contributed by atoms with van der Waals surface area (Å²) in [6.45, 7) is 3.05. The molecule has 0 saturated heterocycles. The number of carbonyl (C=O) groups excluding carboxylic acids is 1. The number of hydrogen-bond donors (Lipinski definition) is 2. The molecule has 29 heavy (non-hydrogen) atoms. The Bertz CT molecular complexity index is 895. The summed E-state index contributed by atoms with van der Waals surface area (Å²) in [6, 6.07) is 16.1. The van der Waals surface area contributed by atoms with Crippen molar-refractivity contribution < 1.29 is 19.4 Å². The number of amides is 1. The van der Waals surface area contributed by atoms with Gasteiger partial charge in [-0.3, -0.25) is 9.59 Å². The lowest BCUT2D eigenvalue weighted by atomic mass is 9.80. The molecule has 1 fully saturated rings. The molecule has 0 radical (unpaired) electrons. The molecule has 0 aromatic heterocycles. The van der Waals surface area contributed by atoms with Gasteiger partial charge in [0.15, 0.2) is 0 Å². The minimum Gasteiger partial charge on any atom is -0.489 e. The van der Waals surface area contributed by atoms with Crippen molar-refractivity contribution in [3.8, 4) is 5.75 Å². The number of hydrogen-bond acceptors (Lipinski definition) is 3. The predicted octanol–water partition coefficient (Wildman–Crippen LogP) is 3.77.